The first kappa shape index (κ1) is 16.6. The highest BCUT2D eigenvalue weighted by Gasteiger charge is 2.31. The monoisotopic (exact) mass is 296 g/mol. The molecule has 0 heterocycles. The zero-order valence-electron chi connectivity index (χ0n) is 14.1. The fraction of sp³-hybridized carbons (Fsp3) is 0.941. The Morgan fingerprint density at radius 3 is 2.57 bits per heavy atom. The lowest BCUT2D eigenvalue weighted by Crippen LogP contribution is -2.44. The molecule has 0 aliphatic heterocycles. The summed E-state index contributed by atoms with van der Waals surface area (Å²) >= 11 is 0. The molecule has 1 amide bonds. The minimum absolute atomic E-state index is 0.289. The minimum atomic E-state index is -0.419. The molecular weight excluding hydrogens is 264 g/mol. The van der Waals surface area contributed by atoms with Crippen molar-refractivity contribution < 1.29 is 9.53 Å². The third-order valence-corrected chi connectivity index (χ3v) is 4.71. The van der Waals surface area contributed by atoms with Crippen LogP contribution in [-0.4, -0.2) is 30.3 Å². The molecule has 0 radical (unpaired) electrons. The van der Waals surface area contributed by atoms with Crippen molar-refractivity contribution in [3.63, 3.8) is 0 Å². The average molecular weight is 296 g/mol. The van der Waals surface area contributed by atoms with Gasteiger partial charge in [0.05, 0.1) is 0 Å². The number of hydrogen-bond donors (Lipinski definition) is 2. The van der Waals surface area contributed by atoms with Crippen LogP contribution in [-0.2, 0) is 4.74 Å². The van der Waals surface area contributed by atoms with Crippen LogP contribution in [0.25, 0.3) is 0 Å². The van der Waals surface area contributed by atoms with Gasteiger partial charge in [-0.1, -0.05) is 13.3 Å². The van der Waals surface area contributed by atoms with Crippen molar-refractivity contribution in [2.45, 2.75) is 83.9 Å². The van der Waals surface area contributed by atoms with Crippen molar-refractivity contribution in [2.75, 3.05) is 6.54 Å². The first-order valence-electron chi connectivity index (χ1n) is 8.56. The van der Waals surface area contributed by atoms with Gasteiger partial charge in [0.2, 0.25) is 0 Å². The number of carbonyl (C=O) groups excluding carboxylic acids is 1. The molecule has 4 atom stereocenters. The molecule has 2 saturated carbocycles. The van der Waals surface area contributed by atoms with Crippen molar-refractivity contribution in [3.8, 4) is 0 Å². The van der Waals surface area contributed by atoms with Gasteiger partial charge in [-0.2, -0.15) is 0 Å². The molecule has 4 heteroatoms. The Balaban J connectivity index is 1.73. The summed E-state index contributed by atoms with van der Waals surface area (Å²) in [5.74, 6) is 1.41. The summed E-state index contributed by atoms with van der Waals surface area (Å²) in [4.78, 5) is 11.8. The van der Waals surface area contributed by atoms with E-state index in [1.165, 1.54) is 38.5 Å². The normalized spacial score (nSPS) is 33.1. The highest BCUT2D eigenvalue weighted by Crippen LogP contribution is 2.30. The summed E-state index contributed by atoms with van der Waals surface area (Å²) in [5, 5.41) is 6.78. The van der Waals surface area contributed by atoms with Crippen LogP contribution in [0.3, 0.4) is 0 Å². The van der Waals surface area contributed by atoms with Crippen molar-refractivity contribution in [3.05, 3.63) is 0 Å². The molecule has 0 aromatic heterocycles. The maximum Gasteiger partial charge on any atom is 0.407 e. The number of carbonyl (C=O) groups is 1. The Morgan fingerprint density at radius 2 is 1.95 bits per heavy atom. The zero-order chi connectivity index (χ0) is 15.5. The highest BCUT2D eigenvalue weighted by atomic mass is 16.6. The third-order valence-electron chi connectivity index (χ3n) is 4.71. The lowest BCUT2D eigenvalue weighted by atomic mass is 10.0. The summed E-state index contributed by atoms with van der Waals surface area (Å²) in [7, 11) is 0. The van der Waals surface area contributed by atoms with Crippen LogP contribution >= 0.6 is 0 Å². The van der Waals surface area contributed by atoms with E-state index in [0.717, 1.165) is 12.5 Å². The molecule has 2 aliphatic carbocycles. The van der Waals surface area contributed by atoms with Crippen LogP contribution in [0.5, 0.6) is 0 Å². The maximum absolute atomic E-state index is 11.8. The van der Waals surface area contributed by atoms with Gasteiger partial charge >= 0.3 is 6.09 Å². The van der Waals surface area contributed by atoms with E-state index in [1.807, 2.05) is 20.8 Å². The van der Waals surface area contributed by atoms with Crippen LogP contribution in [0.1, 0.15) is 66.2 Å². The minimum Gasteiger partial charge on any atom is -0.444 e. The molecule has 2 N–H and O–H groups in total. The molecule has 21 heavy (non-hydrogen) atoms. The van der Waals surface area contributed by atoms with Crippen LogP contribution in [0.2, 0.25) is 0 Å². The van der Waals surface area contributed by atoms with E-state index in [4.69, 9.17) is 4.74 Å². The summed E-state index contributed by atoms with van der Waals surface area (Å²) in [6, 6.07) is 1.25. The van der Waals surface area contributed by atoms with E-state index in [0.29, 0.717) is 18.0 Å². The molecular formula is C17H32N2O2. The number of alkyl carbamates (subject to hydrolysis) is 1. The molecule has 0 aromatic rings. The SMILES string of the molecule is CC1CCC(NC2CCCC2CNC(=O)OC(C)(C)C)C1. The number of ether oxygens (including phenoxy) is 1. The summed E-state index contributed by atoms with van der Waals surface area (Å²) in [5.41, 5.74) is -0.419. The van der Waals surface area contributed by atoms with E-state index in [1.54, 1.807) is 0 Å². The highest BCUT2D eigenvalue weighted by molar-refractivity contribution is 5.67. The van der Waals surface area contributed by atoms with E-state index < -0.39 is 5.60 Å². The van der Waals surface area contributed by atoms with Crippen LogP contribution in [0, 0.1) is 11.8 Å². The first-order chi connectivity index (χ1) is 9.83. The second-order valence-corrected chi connectivity index (χ2v) is 7.96. The number of nitrogens with one attached hydrogen (secondary N) is 2. The number of amides is 1. The number of hydrogen-bond acceptors (Lipinski definition) is 3. The van der Waals surface area contributed by atoms with Gasteiger partial charge in [-0.3, -0.25) is 0 Å². The lowest BCUT2D eigenvalue weighted by Gasteiger charge is -2.26. The van der Waals surface area contributed by atoms with Crippen molar-refractivity contribution in [2.24, 2.45) is 11.8 Å². The van der Waals surface area contributed by atoms with Crippen LogP contribution in [0.15, 0.2) is 0 Å². The average Bonchev–Trinajstić information content (AvgIpc) is 2.94. The number of rotatable bonds is 4. The fourth-order valence-corrected chi connectivity index (χ4v) is 3.69. The van der Waals surface area contributed by atoms with Gasteiger partial charge in [-0.25, -0.2) is 4.79 Å². The largest absolute Gasteiger partial charge is 0.444 e. The molecule has 2 fully saturated rings. The van der Waals surface area contributed by atoms with Crippen molar-refractivity contribution in [1.29, 1.82) is 0 Å². The van der Waals surface area contributed by atoms with Gasteiger partial charge in [0.1, 0.15) is 5.60 Å². The van der Waals surface area contributed by atoms with E-state index in [2.05, 4.69) is 17.6 Å². The fourth-order valence-electron chi connectivity index (χ4n) is 3.69. The Hall–Kier alpha value is -0.770. The molecule has 0 bridgehead atoms. The predicted molar refractivity (Wildman–Crippen MR) is 85.3 cm³/mol. The summed E-state index contributed by atoms with van der Waals surface area (Å²) in [6.45, 7) is 8.77. The van der Waals surface area contributed by atoms with Gasteiger partial charge in [0.15, 0.2) is 0 Å². The first-order valence-corrected chi connectivity index (χ1v) is 8.56. The third kappa shape index (κ3) is 5.50. The van der Waals surface area contributed by atoms with E-state index in [9.17, 15) is 4.79 Å². The van der Waals surface area contributed by atoms with E-state index in [-0.39, 0.29) is 6.09 Å². The molecule has 4 nitrogen and oxygen atoms in total. The second-order valence-electron chi connectivity index (χ2n) is 7.96. The zero-order valence-corrected chi connectivity index (χ0v) is 14.1. The van der Waals surface area contributed by atoms with Gasteiger partial charge in [0.25, 0.3) is 0 Å². The van der Waals surface area contributed by atoms with Crippen LogP contribution < -0.4 is 10.6 Å². The van der Waals surface area contributed by atoms with E-state index >= 15 is 0 Å². The summed E-state index contributed by atoms with van der Waals surface area (Å²) in [6.07, 6.45) is 7.39. The Labute approximate surface area is 129 Å². The standard InChI is InChI=1S/C17H32N2O2/c1-12-8-9-14(10-12)19-15-7-5-6-13(15)11-18-16(20)21-17(2,3)4/h12-15,19H,5-11H2,1-4H3,(H,18,20). The maximum atomic E-state index is 11.8. The Bertz CT molecular complexity index is 351. The molecule has 2 rings (SSSR count). The molecule has 0 aromatic carbocycles. The molecule has 122 valence electrons. The van der Waals surface area contributed by atoms with Gasteiger partial charge in [0, 0.05) is 18.6 Å². The van der Waals surface area contributed by atoms with Crippen LogP contribution in [0.4, 0.5) is 4.79 Å². The smallest absolute Gasteiger partial charge is 0.407 e. The topological polar surface area (TPSA) is 50.4 Å². The Kier molecular flexibility index (Phi) is 5.53. The second kappa shape index (κ2) is 6.99. The quantitative estimate of drug-likeness (QED) is 0.835. The lowest BCUT2D eigenvalue weighted by molar-refractivity contribution is 0.0517. The molecule has 0 saturated heterocycles. The van der Waals surface area contributed by atoms with Gasteiger partial charge < -0.3 is 15.4 Å². The predicted octanol–water partition coefficient (Wildman–Crippen LogP) is 3.46. The molecule has 4 unspecified atom stereocenters. The van der Waals surface area contributed by atoms with Crippen molar-refractivity contribution >= 4 is 6.09 Å². The Morgan fingerprint density at radius 1 is 1.19 bits per heavy atom. The van der Waals surface area contributed by atoms with Gasteiger partial charge in [-0.05, 0) is 64.7 Å². The van der Waals surface area contributed by atoms with Gasteiger partial charge in [-0.15, -0.1) is 0 Å². The molecule has 2 aliphatic rings. The summed E-state index contributed by atoms with van der Waals surface area (Å²) < 4.78 is 5.31. The molecule has 0 spiro atoms. The van der Waals surface area contributed by atoms with Crippen molar-refractivity contribution in [1.82, 2.24) is 10.6 Å².